The predicted molar refractivity (Wildman–Crippen MR) is 95.5 cm³/mol. The highest BCUT2D eigenvalue weighted by molar-refractivity contribution is 7.92. The predicted octanol–water partition coefficient (Wildman–Crippen LogP) is 3.66. The van der Waals surface area contributed by atoms with Crippen molar-refractivity contribution in [1.82, 2.24) is 5.32 Å². The van der Waals surface area contributed by atoms with Crippen molar-refractivity contribution in [2.75, 3.05) is 11.0 Å². The molecule has 0 saturated carbocycles. The molecule has 2 N–H and O–H groups in total. The fraction of sp³-hybridized carbons (Fsp3) is 0.562. The monoisotopic (exact) mass is 360 g/mol. The van der Waals surface area contributed by atoms with Gasteiger partial charge >= 0.3 is 0 Å². The summed E-state index contributed by atoms with van der Waals surface area (Å²) in [4.78, 5) is 12.5. The number of anilines is 1. The maximum atomic E-state index is 12.5. The van der Waals surface area contributed by atoms with Gasteiger partial charge in [-0.2, -0.15) is 0 Å². The first-order chi connectivity index (χ1) is 10.2. The Morgan fingerprint density at radius 1 is 1.17 bits per heavy atom. The topological polar surface area (TPSA) is 75.3 Å². The minimum absolute atomic E-state index is 0.0558. The first-order valence-corrected chi connectivity index (χ1v) is 9.55. The molecule has 1 rings (SSSR count). The van der Waals surface area contributed by atoms with Gasteiger partial charge in [-0.15, -0.1) is 0 Å². The minimum Gasteiger partial charge on any atom is -0.347 e. The first kappa shape index (κ1) is 19.8. The van der Waals surface area contributed by atoms with Crippen molar-refractivity contribution in [3.8, 4) is 0 Å². The van der Waals surface area contributed by atoms with E-state index in [-0.39, 0.29) is 21.9 Å². The molecule has 0 aromatic heterocycles. The van der Waals surface area contributed by atoms with E-state index in [1.165, 1.54) is 18.2 Å². The highest BCUT2D eigenvalue weighted by Gasteiger charge is 2.28. The zero-order chi connectivity index (χ0) is 18.1. The van der Waals surface area contributed by atoms with Crippen molar-refractivity contribution in [1.29, 1.82) is 0 Å². The summed E-state index contributed by atoms with van der Waals surface area (Å²) in [5.41, 5.74) is 0.178. The lowest BCUT2D eigenvalue weighted by molar-refractivity contribution is 0.0891. The van der Waals surface area contributed by atoms with E-state index < -0.39 is 15.6 Å². The second kappa shape index (κ2) is 6.69. The summed E-state index contributed by atoms with van der Waals surface area (Å²) < 4.78 is 25.0. The van der Waals surface area contributed by atoms with Crippen molar-refractivity contribution in [2.24, 2.45) is 5.41 Å². The largest absolute Gasteiger partial charge is 0.347 e. The van der Waals surface area contributed by atoms with Gasteiger partial charge in [0.1, 0.15) is 0 Å². The Balaban J connectivity index is 3.01. The maximum absolute atomic E-state index is 12.5. The van der Waals surface area contributed by atoms with Crippen molar-refractivity contribution in [2.45, 2.75) is 46.6 Å². The number of rotatable bonds is 5. The molecule has 130 valence electrons. The van der Waals surface area contributed by atoms with Gasteiger partial charge in [0.05, 0.1) is 16.8 Å². The molecule has 1 aromatic carbocycles. The average Bonchev–Trinajstić information content (AvgIpc) is 2.25. The maximum Gasteiger partial charge on any atom is 0.253 e. The molecule has 0 radical (unpaired) electrons. The summed E-state index contributed by atoms with van der Waals surface area (Å²) in [5, 5.41) is 3.23. The van der Waals surface area contributed by atoms with Crippen LogP contribution in [0.4, 0.5) is 5.69 Å². The van der Waals surface area contributed by atoms with Gasteiger partial charge in [-0.25, -0.2) is 8.42 Å². The molecule has 0 fully saturated rings. The number of nitrogens with one attached hydrogen (secondary N) is 2. The molecule has 0 aliphatic rings. The molecular weight excluding hydrogens is 336 g/mol. The molecule has 0 atom stereocenters. The van der Waals surface area contributed by atoms with Crippen molar-refractivity contribution < 1.29 is 13.2 Å². The van der Waals surface area contributed by atoms with Crippen LogP contribution in [0.25, 0.3) is 0 Å². The van der Waals surface area contributed by atoms with E-state index in [0.29, 0.717) is 5.69 Å². The number of hydrogen-bond acceptors (Lipinski definition) is 3. The molecule has 0 spiro atoms. The summed E-state index contributed by atoms with van der Waals surface area (Å²) in [6.07, 6.45) is 1.83. The highest BCUT2D eigenvalue weighted by atomic mass is 35.5. The van der Waals surface area contributed by atoms with Gasteiger partial charge in [0.15, 0.2) is 0 Å². The van der Waals surface area contributed by atoms with Crippen LogP contribution < -0.4 is 10.0 Å². The van der Waals surface area contributed by atoms with Gasteiger partial charge < -0.3 is 5.32 Å². The lowest BCUT2D eigenvalue weighted by Crippen LogP contribution is -2.45. The number of carbonyl (C=O) groups excluding carboxylic acids is 1. The van der Waals surface area contributed by atoms with Crippen LogP contribution in [-0.2, 0) is 10.0 Å². The highest BCUT2D eigenvalue weighted by Crippen LogP contribution is 2.28. The first-order valence-electron chi connectivity index (χ1n) is 7.28. The Hall–Kier alpha value is -1.27. The third-order valence-corrected chi connectivity index (χ3v) is 3.87. The third kappa shape index (κ3) is 7.22. The fourth-order valence-corrected chi connectivity index (χ4v) is 3.48. The molecule has 0 aliphatic carbocycles. The van der Waals surface area contributed by atoms with Crippen LogP contribution in [-0.4, -0.2) is 26.1 Å². The third-order valence-electron chi connectivity index (χ3n) is 2.94. The van der Waals surface area contributed by atoms with Gasteiger partial charge in [0, 0.05) is 11.2 Å². The van der Waals surface area contributed by atoms with Gasteiger partial charge in [0.2, 0.25) is 10.0 Å². The van der Waals surface area contributed by atoms with E-state index in [9.17, 15) is 13.2 Å². The standard InChI is InChI=1S/C16H25ClN2O3S/c1-15(2,3)10-16(4,5)18-14(20)12-9-11(7-8-13(12)17)19-23(6,21)22/h7-9,19H,10H2,1-6H3,(H,18,20). The quantitative estimate of drug-likeness (QED) is 0.841. The second-order valence-electron chi connectivity index (χ2n) is 7.64. The molecule has 1 aromatic rings. The fourth-order valence-electron chi connectivity index (χ4n) is 2.72. The molecule has 0 bridgehead atoms. The summed E-state index contributed by atoms with van der Waals surface area (Å²) in [6.45, 7) is 10.2. The number of amides is 1. The Morgan fingerprint density at radius 2 is 1.74 bits per heavy atom. The lowest BCUT2D eigenvalue weighted by Gasteiger charge is -2.33. The van der Waals surface area contributed by atoms with Crippen molar-refractivity contribution in [3.63, 3.8) is 0 Å². The molecule has 7 heteroatoms. The van der Waals surface area contributed by atoms with Crippen LogP contribution in [0.5, 0.6) is 0 Å². The normalized spacial score (nSPS) is 12.8. The zero-order valence-corrected chi connectivity index (χ0v) is 16.0. The number of hydrogen-bond donors (Lipinski definition) is 2. The van der Waals surface area contributed by atoms with Gasteiger partial charge in [0.25, 0.3) is 5.91 Å². The Morgan fingerprint density at radius 3 is 2.22 bits per heavy atom. The summed E-state index contributed by atoms with van der Waals surface area (Å²) in [6, 6.07) is 4.45. The van der Waals surface area contributed by atoms with E-state index in [0.717, 1.165) is 12.7 Å². The minimum atomic E-state index is -3.42. The second-order valence-corrected chi connectivity index (χ2v) is 9.80. The zero-order valence-electron chi connectivity index (χ0n) is 14.5. The molecule has 23 heavy (non-hydrogen) atoms. The summed E-state index contributed by atoms with van der Waals surface area (Å²) in [5.74, 6) is -0.332. The number of halogens is 1. The summed E-state index contributed by atoms with van der Waals surface area (Å²) in [7, 11) is -3.42. The van der Waals surface area contributed by atoms with E-state index >= 15 is 0 Å². The molecule has 1 amide bonds. The SMILES string of the molecule is CC(C)(C)CC(C)(C)NC(=O)c1cc(NS(C)(=O)=O)ccc1Cl. The van der Waals surface area contributed by atoms with E-state index in [2.05, 4.69) is 30.8 Å². The smallest absolute Gasteiger partial charge is 0.253 e. The van der Waals surface area contributed by atoms with E-state index in [1.807, 2.05) is 13.8 Å². The molecular formula is C16H25ClN2O3S. The molecule has 0 heterocycles. The van der Waals surface area contributed by atoms with E-state index in [4.69, 9.17) is 11.6 Å². The molecule has 0 unspecified atom stereocenters. The van der Waals surface area contributed by atoms with Crippen LogP contribution in [0.15, 0.2) is 18.2 Å². The van der Waals surface area contributed by atoms with Crippen LogP contribution in [0.1, 0.15) is 51.4 Å². The molecule has 0 saturated heterocycles. The van der Waals surface area contributed by atoms with Crippen LogP contribution in [0, 0.1) is 5.41 Å². The number of benzene rings is 1. The van der Waals surface area contributed by atoms with Crippen LogP contribution >= 0.6 is 11.6 Å². The Labute approximate surface area is 143 Å². The van der Waals surface area contributed by atoms with Gasteiger partial charge in [-0.05, 0) is 43.9 Å². The van der Waals surface area contributed by atoms with Gasteiger partial charge in [-0.3, -0.25) is 9.52 Å². The van der Waals surface area contributed by atoms with Crippen LogP contribution in [0.3, 0.4) is 0 Å². The Kier molecular flexibility index (Phi) is 5.75. The Bertz CT molecular complexity index is 692. The number of carbonyl (C=O) groups is 1. The average molecular weight is 361 g/mol. The molecule has 0 aliphatic heterocycles. The van der Waals surface area contributed by atoms with Crippen molar-refractivity contribution >= 4 is 33.2 Å². The van der Waals surface area contributed by atoms with E-state index in [1.54, 1.807) is 0 Å². The summed E-state index contributed by atoms with van der Waals surface area (Å²) >= 11 is 6.09. The number of sulfonamides is 1. The lowest BCUT2D eigenvalue weighted by atomic mass is 9.81. The van der Waals surface area contributed by atoms with Gasteiger partial charge in [-0.1, -0.05) is 32.4 Å². The van der Waals surface area contributed by atoms with Crippen LogP contribution in [0.2, 0.25) is 5.02 Å². The molecule has 5 nitrogen and oxygen atoms in total. The van der Waals surface area contributed by atoms with Crippen molar-refractivity contribution in [3.05, 3.63) is 28.8 Å².